The zero-order valence-corrected chi connectivity index (χ0v) is 28.9. The van der Waals surface area contributed by atoms with Gasteiger partial charge in [-0.15, -0.1) is 0 Å². The number of pyridine rings is 2. The van der Waals surface area contributed by atoms with Crippen molar-refractivity contribution in [2.75, 3.05) is 37.6 Å². The van der Waals surface area contributed by atoms with Gasteiger partial charge in [0.1, 0.15) is 17.2 Å². The van der Waals surface area contributed by atoms with Crippen molar-refractivity contribution in [2.24, 2.45) is 5.92 Å². The van der Waals surface area contributed by atoms with Crippen molar-refractivity contribution in [2.45, 2.75) is 71.2 Å². The van der Waals surface area contributed by atoms with Crippen molar-refractivity contribution in [1.82, 2.24) is 25.1 Å². The molecule has 2 amide bonds. The van der Waals surface area contributed by atoms with E-state index >= 15 is 0 Å². The summed E-state index contributed by atoms with van der Waals surface area (Å²) in [5.74, 6) is 2.39. The average Bonchev–Trinajstić information content (AvgIpc) is 3.62. The minimum atomic E-state index is -0.515. The predicted octanol–water partition coefficient (Wildman–Crippen LogP) is 6.79. The number of ether oxygens (including phenoxy) is 2. The third-order valence-electron chi connectivity index (χ3n) is 8.88. The highest BCUT2D eigenvalue weighted by atomic mass is 35.5. The van der Waals surface area contributed by atoms with Crippen LogP contribution < -0.4 is 15.0 Å². The maximum absolute atomic E-state index is 12.7. The molecule has 3 fully saturated rings. The van der Waals surface area contributed by atoms with Gasteiger partial charge in [0.2, 0.25) is 11.8 Å². The Morgan fingerprint density at radius 1 is 1.00 bits per heavy atom. The van der Waals surface area contributed by atoms with Crippen LogP contribution in [0.25, 0.3) is 11.3 Å². The van der Waals surface area contributed by atoms with Crippen LogP contribution in [0.2, 0.25) is 10.0 Å². The summed E-state index contributed by atoms with van der Waals surface area (Å²) < 4.78 is 11.9. The lowest BCUT2D eigenvalue weighted by molar-refractivity contribution is -0.119. The highest BCUT2D eigenvalue weighted by Gasteiger charge is 2.47. The highest BCUT2D eigenvalue weighted by Crippen LogP contribution is 2.36. The van der Waals surface area contributed by atoms with Gasteiger partial charge in [-0.1, -0.05) is 23.2 Å². The van der Waals surface area contributed by atoms with Crippen LogP contribution in [-0.4, -0.2) is 82.2 Å². The summed E-state index contributed by atoms with van der Waals surface area (Å²) in [5, 5.41) is 4.02. The SMILES string of the molecule is CC(=O)NCC1CCN(Cc2cc(Oc3ccc(N4CC5CC4CN5C(=O)OC(C)(C)C)nc3)nc(-c3cc(Cl)cc(Cl)c3)c2)CC1. The monoisotopic (exact) mass is 680 g/mol. The molecule has 0 aliphatic carbocycles. The summed E-state index contributed by atoms with van der Waals surface area (Å²) in [4.78, 5) is 40.1. The molecule has 2 atom stereocenters. The molecule has 0 saturated carbocycles. The van der Waals surface area contributed by atoms with Crippen LogP contribution in [0.4, 0.5) is 10.6 Å². The number of rotatable bonds is 8. The van der Waals surface area contributed by atoms with E-state index in [1.54, 1.807) is 19.2 Å². The second kappa shape index (κ2) is 13.9. The largest absolute Gasteiger partial charge is 0.444 e. The molecule has 3 aromatic rings. The van der Waals surface area contributed by atoms with Crippen molar-refractivity contribution >= 4 is 41.0 Å². The zero-order valence-electron chi connectivity index (χ0n) is 27.3. The molecule has 250 valence electrons. The average molecular weight is 682 g/mol. The Kier molecular flexibility index (Phi) is 9.82. The van der Waals surface area contributed by atoms with Crippen LogP contribution in [0.15, 0.2) is 48.7 Å². The van der Waals surface area contributed by atoms with Gasteiger partial charge in [0.25, 0.3) is 0 Å². The van der Waals surface area contributed by atoms with E-state index in [1.165, 1.54) is 0 Å². The topological polar surface area (TPSA) is 100 Å². The second-order valence-electron chi connectivity index (χ2n) is 13.8. The number of hydrogen-bond acceptors (Lipinski definition) is 8. The fourth-order valence-electron chi connectivity index (χ4n) is 6.66. The molecule has 6 rings (SSSR count). The first-order valence-corrected chi connectivity index (χ1v) is 17.0. The molecule has 0 spiro atoms. The molecule has 10 nitrogen and oxygen atoms in total. The molecular formula is C35H42Cl2N6O4. The van der Waals surface area contributed by atoms with Crippen LogP contribution in [0.3, 0.4) is 0 Å². The molecule has 3 aliphatic rings. The van der Waals surface area contributed by atoms with Gasteiger partial charge in [-0.05, 0) is 101 Å². The van der Waals surface area contributed by atoms with Gasteiger partial charge >= 0.3 is 6.09 Å². The van der Waals surface area contributed by atoms with E-state index in [-0.39, 0.29) is 24.1 Å². The highest BCUT2D eigenvalue weighted by molar-refractivity contribution is 6.35. The lowest BCUT2D eigenvalue weighted by Gasteiger charge is -2.35. The van der Waals surface area contributed by atoms with Gasteiger partial charge in [0.05, 0.1) is 24.0 Å². The number of piperazine rings is 1. The van der Waals surface area contributed by atoms with Crippen molar-refractivity contribution in [3.8, 4) is 22.9 Å². The number of nitrogens with zero attached hydrogens (tertiary/aromatic N) is 5. The van der Waals surface area contributed by atoms with Gasteiger partial charge in [0, 0.05) is 54.8 Å². The molecule has 5 heterocycles. The fraction of sp³-hybridized carbons (Fsp3) is 0.486. The first-order chi connectivity index (χ1) is 22.4. The van der Waals surface area contributed by atoms with E-state index < -0.39 is 5.60 Å². The second-order valence-corrected chi connectivity index (χ2v) is 14.7. The minimum absolute atomic E-state index is 0.0184. The van der Waals surface area contributed by atoms with E-state index in [0.717, 1.165) is 74.6 Å². The minimum Gasteiger partial charge on any atom is -0.444 e. The van der Waals surface area contributed by atoms with E-state index in [1.807, 2.05) is 56.0 Å². The van der Waals surface area contributed by atoms with Crippen LogP contribution in [0.1, 0.15) is 52.5 Å². The Bertz CT molecular complexity index is 1590. The van der Waals surface area contributed by atoms with Crippen LogP contribution in [-0.2, 0) is 16.1 Å². The van der Waals surface area contributed by atoms with Gasteiger partial charge < -0.3 is 24.6 Å². The lowest BCUT2D eigenvalue weighted by atomic mass is 9.96. The molecule has 1 aromatic carbocycles. The first kappa shape index (κ1) is 33.3. The Balaban J connectivity index is 1.14. The molecular weight excluding hydrogens is 639 g/mol. The number of amides is 2. The number of aromatic nitrogens is 2. The number of hydrogen-bond donors (Lipinski definition) is 1. The number of benzene rings is 1. The molecule has 2 unspecified atom stereocenters. The number of anilines is 1. The molecule has 2 bridgehead atoms. The molecule has 3 aliphatic heterocycles. The number of halogens is 2. The Morgan fingerprint density at radius 3 is 2.36 bits per heavy atom. The summed E-state index contributed by atoms with van der Waals surface area (Å²) in [6.07, 6.45) is 4.43. The number of piperidine rings is 1. The van der Waals surface area contributed by atoms with Gasteiger partial charge in [-0.3, -0.25) is 9.69 Å². The van der Waals surface area contributed by atoms with E-state index in [9.17, 15) is 9.59 Å². The number of likely N-dealkylation sites (tertiary alicyclic amines) is 2. The Hall–Kier alpha value is -3.60. The quantitative estimate of drug-likeness (QED) is 0.278. The van der Waals surface area contributed by atoms with E-state index in [4.69, 9.17) is 42.6 Å². The molecule has 12 heteroatoms. The number of fused-ring (bicyclic) bond motifs is 2. The maximum Gasteiger partial charge on any atom is 0.410 e. The smallest absolute Gasteiger partial charge is 0.410 e. The lowest BCUT2D eigenvalue weighted by Crippen LogP contribution is -2.50. The number of carbonyl (C=O) groups excluding carboxylic acids is 2. The molecule has 1 N–H and O–H groups in total. The van der Waals surface area contributed by atoms with Gasteiger partial charge in [-0.25, -0.2) is 14.8 Å². The predicted molar refractivity (Wildman–Crippen MR) is 183 cm³/mol. The third kappa shape index (κ3) is 8.47. The van der Waals surface area contributed by atoms with Crippen LogP contribution >= 0.6 is 23.2 Å². The van der Waals surface area contributed by atoms with Gasteiger partial charge in [-0.2, -0.15) is 0 Å². The third-order valence-corrected chi connectivity index (χ3v) is 9.32. The Labute approximate surface area is 286 Å². The summed E-state index contributed by atoms with van der Waals surface area (Å²) in [6, 6.07) is 13.6. The summed E-state index contributed by atoms with van der Waals surface area (Å²) in [6.45, 7) is 11.9. The van der Waals surface area contributed by atoms with Crippen LogP contribution in [0, 0.1) is 5.92 Å². The maximum atomic E-state index is 12.7. The normalized spacial score (nSPS) is 20.0. The van der Waals surface area contributed by atoms with E-state index in [0.29, 0.717) is 34.1 Å². The summed E-state index contributed by atoms with van der Waals surface area (Å²) >= 11 is 12.7. The van der Waals surface area contributed by atoms with E-state index in [2.05, 4.69) is 21.2 Å². The van der Waals surface area contributed by atoms with Crippen molar-refractivity contribution in [3.05, 3.63) is 64.3 Å². The van der Waals surface area contributed by atoms with Gasteiger partial charge in [0.15, 0.2) is 0 Å². The van der Waals surface area contributed by atoms with Crippen LogP contribution in [0.5, 0.6) is 11.6 Å². The first-order valence-electron chi connectivity index (χ1n) is 16.2. The zero-order chi connectivity index (χ0) is 33.3. The van der Waals surface area contributed by atoms with Crippen molar-refractivity contribution in [3.63, 3.8) is 0 Å². The molecule has 3 saturated heterocycles. The van der Waals surface area contributed by atoms with Crippen molar-refractivity contribution in [1.29, 1.82) is 0 Å². The van der Waals surface area contributed by atoms with Crippen molar-refractivity contribution < 1.29 is 19.1 Å². The number of carbonyl (C=O) groups is 2. The molecule has 2 aromatic heterocycles. The summed E-state index contributed by atoms with van der Waals surface area (Å²) in [5.41, 5.74) is 2.07. The fourth-order valence-corrected chi connectivity index (χ4v) is 7.19. The summed E-state index contributed by atoms with van der Waals surface area (Å²) in [7, 11) is 0. The standard InChI is InChI=1S/C35H42Cl2N6O4/c1-22(44)38-17-23-7-9-41(10-8-23)19-24-11-31(25-13-26(36)15-27(37)14-25)40-33(12-24)46-30-5-6-32(39-18-30)42-20-29-16-28(42)21-43(29)34(45)47-35(2,3)4/h5-6,11-15,18,23,28-29H,7-10,16-17,19-21H2,1-4H3,(H,38,44). The Morgan fingerprint density at radius 2 is 1.74 bits per heavy atom. The molecule has 0 radical (unpaired) electrons. The molecule has 47 heavy (non-hydrogen) atoms. The number of nitrogens with one attached hydrogen (secondary N) is 1.